The van der Waals surface area contributed by atoms with Crippen LogP contribution in [0, 0.1) is 5.92 Å². The fourth-order valence-corrected chi connectivity index (χ4v) is 3.67. The molecule has 0 bridgehead atoms. The van der Waals surface area contributed by atoms with E-state index in [0.717, 1.165) is 17.7 Å². The number of ketones is 1. The highest BCUT2D eigenvalue weighted by atomic mass is 32.1. The summed E-state index contributed by atoms with van der Waals surface area (Å²) in [6.45, 7) is 0. The fourth-order valence-electron chi connectivity index (χ4n) is 2.60. The van der Waals surface area contributed by atoms with Gasteiger partial charge in [-0.1, -0.05) is 42.5 Å². The Morgan fingerprint density at radius 2 is 1.75 bits per heavy atom. The van der Waals surface area contributed by atoms with Gasteiger partial charge in [-0.25, -0.2) is 0 Å². The molecule has 2 heteroatoms. The SMILES string of the molecule is O=C(c1ccc(-c2cccc3ccccc23)s1)C1CC1. The van der Waals surface area contributed by atoms with E-state index < -0.39 is 0 Å². The first-order valence-corrected chi connectivity index (χ1v) is 7.77. The summed E-state index contributed by atoms with van der Waals surface area (Å²) in [5.74, 6) is 0.635. The molecule has 0 radical (unpaired) electrons. The Morgan fingerprint density at radius 3 is 2.60 bits per heavy atom. The largest absolute Gasteiger partial charge is 0.293 e. The minimum atomic E-state index is 0.300. The molecule has 1 saturated carbocycles. The maximum atomic E-state index is 12.1. The predicted octanol–water partition coefficient (Wildman–Crippen LogP) is 5.16. The number of hydrogen-bond acceptors (Lipinski definition) is 2. The van der Waals surface area contributed by atoms with Crippen molar-refractivity contribution >= 4 is 27.9 Å². The van der Waals surface area contributed by atoms with E-state index in [9.17, 15) is 4.79 Å². The van der Waals surface area contributed by atoms with E-state index in [1.807, 2.05) is 6.07 Å². The summed E-state index contributed by atoms with van der Waals surface area (Å²) in [5, 5.41) is 2.50. The molecule has 1 fully saturated rings. The van der Waals surface area contributed by atoms with E-state index in [0.29, 0.717) is 11.7 Å². The maximum absolute atomic E-state index is 12.1. The molecule has 0 N–H and O–H groups in total. The van der Waals surface area contributed by atoms with Crippen molar-refractivity contribution in [2.75, 3.05) is 0 Å². The normalized spacial score (nSPS) is 14.6. The topological polar surface area (TPSA) is 17.1 Å². The molecule has 0 unspecified atom stereocenters. The molecule has 20 heavy (non-hydrogen) atoms. The van der Waals surface area contributed by atoms with Gasteiger partial charge in [-0.15, -0.1) is 11.3 Å². The zero-order valence-corrected chi connectivity index (χ0v) is 11.8. The number of carbonyl (C=O) groups is 1. The van der Waals surface area contributed by atoms with Crippen LogP contribution in [0.5, 0.6) is 0 Å². The number of fused-ring (bicyclic) bond motifs is 1. The number of rotatable bonds is 3. The third kappa shape index (κ3) is 1.97. The van der Waals surface area contributed by atoms with Crippen LogP contribution in [0.15, 0.2) is 54.6 Å². The van der Waals surface area contributed by atoms with Crippen molar-refractivity contribution in [3.8, 4) is 10.4 Å². The smallest absolute Gasteiger partial charge is 0.175 e. The minimum Gasteiger partial charge on any atom is -0.293 e. The van der Waals surface area contributed by atoms with Crippen molar-refractivity contribution in [1.29, 1.82) is 0 Å². The van der Waals surface area contributed by atoms with E-state index in [1.165, 1.54) is 21.2 Å². The van der Waals surface area contributed by atoms with Crippen molar-refractivity contribution in [3.05, 3.63) is 59.5 Å². The van der Waals surface area contributed by atoms with E-state index >= 15 is 0 Å². The van der Waals surface area contributed by atoms with Gasteiger partial charge in [0.25, 0.3) is 0 Å². The molecular formula is C18H14OS. The van der Waals surface area contributed by atoms with Crippen molar-refractivity contribution in [2.45, 2.75) is 12.8 Å². The summed E-state index contributed by atoms with van der Waals surface area (Å²) in [4.78, 5) is 14.2. The van der Waals surface area contributed by atoms with Crippen molar-refractivity contribution < 1.29 is 4.79 Å². The summed E-state index contributed by atoms with van der Waals surface area (Å²) in [7, 11) is 0. The molecule has 1 aliphatic rings. The lowest BCUT2D eigenvalue weighted by atomic mass is 10.0. The molecule has 0 aliphatic heterocycles. The summed E-state index contributed by atoms with van der Waals surface area (Å²) < 4.78 is 0. The molecular weight excluding hydrogens is 264 g/mol. The van der Waals surface area contributed by atoms with Gasteiger partial charge in [0.05, 0.1) is 4.88 Å². The Labute approximate surface area is 121 Å². The molecule has 0 atom stereocenters. The van der Waals surface area contributed by atoms with Gasteiger partial charge in [-0.05, 0) is 41.3 Å². The maximum Gasteiger partial charge on any atom is 0.175 e. The summed E-state index contributed by atoms with van der Waals surface area (Å²) in [6.07, 6.45) is 2.14. The van der Waals surface area contributed by atoms with E-state index in [-0.39, 0.29) is 0 Å². The lowest BCUT2D eigenvalue weighted by Gasteiger charge is -2.03. The number of carbonyl (C=O) groups excluding carboxylic acids is 1. The Kier molecular flexibility index (Phi) is 2.71. The van der Waals surface area contributed by atoms with Crippen LogP contribution in [0.3, 0.4) is 0 Å². The summed E-state index contributed by atoms with van der Waals surface area (Å²) in [6, 6.07) is 18.8. The summed E-state index contributed by atoms with van der Waals surface area (Å²) >= 11 is 1.63. The van der Waals surface area contributed by atoms with Gasteiger partial charge in [0.15, 0.2) is 5.78 Å². The minimum absolute atomic E-state index is 0.300. The van der Waals surface area contributed by atoms with Crippen LogP contribution >= 0.6 is 11.3 Å². The molecule has 0 spiro atoms. The summed E-state index contributed by atoms with van der Waals surface area (Å²) in [5.41, 5.74) is 1.22. The zero-order chi connectivity index (χ0) is 13.5. The van der Waals surface area contributed by atoms with Crippen LogP contribution in [-0.2, 0) is 0 Å². The van der Waals surface area contributed by atoms with Crippen LogP contribution < -0.4 is 0 Å². The number of benzene rings is 2. The van der Waals surface area contributed by atoms with E-state index in [4.69, 9.17) is 0 Å². The van der Waals surface area contributed by atoms with E-state index in [2.05, 4.69) is 48.5 Å². The van der Waals surface area contributed by atoms with Crippen LogP contribution in [0.25, 0.3) is 21.2 Å². The Hall–Kier alpha value is -1.93. The van der Waals surface area contributed by atoms with Gasteiger partial charge in [0.1, 0.15) is 0 Å². The van der Waals surface area contributed by atoms with Crippen LogP contribution in [0.4, 0.5) is 0 Å². The quantitative estimate of drug-likeness (QED) is 0.605. The second kappa shape index (κ2) is 4.57. The van der Waals surface area contributed by atoms with Crippen LogP contribution in [-0.4, -0.2) is 5.78 Å². The molecule has 1 heterocycles. The molecule has 98 valence electrons. The first kappa shape index (κ1) is 11.9. The fraction of sp³-hybridized carbons (Fsp3) is 0.167. The number of hydrogen-bond donors (Lipinski definition) is 0. The molecule has 2 aromatic carbocycles. The van der Waals surface area contributed by atoms with Gasteiger partial charge in [0.2, 0.25) is 0 Å². The molecule has 4 rings (SSSR count). The van der Waals surface area contributed by atoms with Crippen LogP contribution in [0.2, 0.25) is 0 Å². The van der Waals surface area contributed by atoms with Gasteiger partial charge in [-0.2, -0.15) is 0 Å². The molecule has 0 amide bonds. The Bertz CT molecular complexity index is 791. The third-order valence-electron chi connectivity index (χ3n) is 3.85. The molecule has 0 saturated heterocycles. The highest BCUT2D eigenvalue weighted by molar-refractivity contribution is 7.17. The van der Waals surface area contributed by atoms with Gasteiger partial charge >= 0.3 is 0 Å². The van der Waals surface area contributed by atoms with Gasteiger partial charge in [0, 0.05) is 10.8 Å². The number of Topliss-reactive ketones (excluding diaryl/α,β-unsaturated/α-hetero) is 1. The van der Waals surface area contributed by atoms with E-state index in [1.54, 1.807) is 11.3 Å². The first-order chi connectivity index (χ1) is 9.83. The standard InChI is InChI=1S/C18H14OS/c19-18(13-8-9-13)17-11-10-16(20-17)15-7-3-5-12-4-1-2-6-14(12)15/h1-7,10-11,13H,8-9H2. The zero-order valence-electron chi connectivity index (χ0n) is 11.0. The predicted molar refractivity (Wildman–Crippen MR) is 84.3 cm³/mol. The van der Waals surface area contributed by atoms with Gasteiger partial charge < -0.3 is 0 Å². The second-order valence-corrected chi connectivity index (χ2v) is 6.41. The Balaban J connectivity index is 1.81. The molecule has 3 aromatic rings. The number of thiophene rings is 1. The lowest BCUT2D eigenvalue weighted by Crippen LogP contribution is -1.96. The monoisotopic (exact) mass is 278 g/mol. The second-order valence-electron chi connectivity index (χ2n) is 5.33. The highest BCUT2D eigenvalue weighted by Gasteiger charge is 2.31. The average molecular weight is 278 g/mol. The van der Waals surface area contributed by atoms with Crippen LogP contribution in [0.1, 0.15) is 22.5 Å². The molecule has 1 aromatic heterocycles. The third-order valence-corrected chi connectivity index (χ3v) is 4.99. The Morgan fingerprint density at radius 1 is 0.950 bits per heavy atom. The van der Waals surface area contributed by atoms with Crippen molar-refractivity contribution in [1.82, 2.24) is 0 Å². The molecule has 1 aliphatic carbocycles. The van der Waals surface area contributed by atoms with Crippen molar-refractivity contribution in [2.24, 2.45) is 5.92 Å². The van der Waals surface area contributed by atoms with Crippen molar-refractivity contribution in [3.63, 3.8) is 0 Å². The lowest BCUT2D eigenvalue weighted by molar-refractivity contribution is 0.0971. The molecule has 1 nitrogen and oxygen atoms in total. The average Bonchev–Trinajstić information content (AvgIpc) is 3.23. The first-order valence-electron chi connectivity index (χ1n) is 6.95. The highest BCUT2D eigenvalue weighted by Crippen LogP contribution is 2.38. The van der Waals surface area contributed by atoms with Gasteiger partial charge in [-0.3, -0.25) is 4.79 Å².